The van der Waals surface area contributed by atoms with Crippen molar-refractivity contribution < 1.29 is 67.8 Å². The quantitative estimate of drug-likeness (QED) is 0.635. The molecule has 1 radical (unpaired) electrons. The Morgan fingerprint density at radius 2 is 1.75 bits per heavy atom. The van der Waals surface area contributed by atoms with E-state index in [4.69, 9.17) is 1.70 Å². The minimum atomic E-state index is -1.78. The fourth-order valence-corrected chi connectivity index (χ4v) is 0. The van der Waals surface area contributed by atoms with Gasteiger partial charge in [0.25, 0.3) is 0 Å². The van der Waals surface area contributed by atoms with Crippen molar-refractivity contribution in [3.63, 3.8) is 0 Å². The van der Waals surface area contributed by atoms with Crippen LogP contribution in [0.5, 0.6) is 0 Å². The van der Waals surface area contributed by atoms with Crippen molar-refractivity contribution in [3.8, 4) is 0 Å². The summed E-state index contributed by atoms with van der Waals surface area (Å²) < 4.78 is 8.90. The summed E-state index contributed by atoms with van der Waals surface area (Å²) in [7, 11) is 0. The molecule has 0 aliphatic heterocycles. The third kappa shape index (κ3) is 8.82. The molecule has 0 aromatic carbocycles. The molecule has 0 spiro atoms. The van der Waals surface area contributed by atoms with Gasteiger partial charge < -0.3 is 0 Å². The van der Waals surface area contributed by atoms with Crippen LogP contribution in [0.1, 0.15) is 0 Å². The van der Waals surface area contributed by atoms with E-state index in [1.54, 1.807) is 0 Å². The van der Waals surface area contributed by atoms with Crippen molar-refractivity contribution in [1.29, 1.82) is 0 Å². The molecule has 4 heteroatoms. The molecule has 0 fully saturated rings. The van der Waals surface area contributed by atoms with E-state index < -0.39 is 30.5 Å². The average Bonchev–Trinajstić information content (AvgIpc) is 0.918. The summed E-state index contributed by atoms with van der Waals surface area (Å²) >= 11 is -1.78. The summed E-state index contributed by atoms with van der Waals surface area (Å²) in [6.45, 7) is 4.65. The van der Waals surface area contributed by atoms with Crippen LogP contribution in [0.3, 0.4) is 0 Å². The van der Waals surface area contributed by atoms with E-state index in [9.17, 15) is 0 Å². The van der Waals surface area contributed by atoms with E-state index in [0.717, 1.165) is 0 Å². The van der Waals surface area contributed by atoms with Crippen molar-refractivity contribution in [1.82, 2.24) is 0 Å². The first kappa shape index (κ1) is 9.70. The van der Waals surface area contributed by atoms with Gasteiger partial charge in [0.1, 0.15) is 0 Å². The molecule has 0 atom stereocenters. The van der Waals surface area contributed by atoms with Crippen LogP contribution >= 0.6 is 6.79 Å². The number of halogens is 1. The predicted molar refractivity (Wildman–Crippen MR) is 6.54 cm³/mol. The van der Waals surface area contributed by atoms with E-state index in [1.165, 1.54) is 0 Å². The van der Waals surface area contributed by atoms with Crippen molar-refractivity contribution in [3.05, 3.63) is 0 Å². The van der Waals surface area contributed by atoms with Gasteiger partial charge in [-0.25, -0.2) is 0 Å². The van der Waals surface area contributed by atoms with E-state index in [0.29, 0.717) is 0 Å². The van der Waals surface area contributed by atoms with Crippen LogP contribution in [0.15, 0.2) is 0 Å². The van der Waals surface area contributed by atoms with Gasteiger partial charge in [0.2, 0.25) is 0 Å². The summed E-state index contributed by atoms with van der Waals surface area (Å²) in [5, 5.41) is 0. The molecule has 0 saturated carbocycles. The van der Waals surface area contributed by atoms with Gasteiger partial charge in [0, 0.05) is 35.6 Å². The molecule has 0 aliphatic rings. The fourth-order valence-electron chi connectivity index (χ4n) is 0. The van der Waals surface area contributed by atoms with Gasteiger partial charge in [-0.05, 0) is 0 Å². The molecule has 0 aromatic heterocycles. The molecule has 0 saturated heterocycles. The third-order valence-electron chi connectivity index (χ3n) is 0. The first-order chi connectivity index (χ1) is 1.41. The van der Waals surface area contributed by atoms with E-state index in [2.05, 4.69) is 6.79 Å². The molecular formula is ClLa2O. The summed E-state index contributed by atoms with van der Waals surface area (Å²) in [6, 6.07) is 0. The molecule has 4 heavy (non-hydrogen) atoms. The van der Waals surface area contributed by atoms with Gasteiger partial charge in [-0.2, -0.15) is 0 Å². The molecular weight excluding hydrogens is 329 g/mol. The van der Waals surface area contributed by atoms with E-state index in [-0.39, 0.29) is 35.6 Å². The standard InChI is InChI=1S/ClH.2La.O/h1H;;;/q;;+1;/p-1. The Morgan fingerprint density at radius 1 is 1.75 bits per heavy atom. The summed E-state index contributed by atoms with van der Waals surface area (Å²) in [4.78, 5) is 0. The van der Waals surface area contributed by atoms with Crippen molar-refractivity contribution >= 4 is 6.79 Å². The number of hydrogen-bond acceptors (Lipinski definition) is 1. The predicted octanol–water partition coefficient (Wildman–Crippen LogP) is 0.571. The molecule has 0 aromatic rings. The number of hydrogen-bond donors (Lipinski definition) is 0. The normalized spacial score (nSPS) is 2.25. The number of rotatable bonds is 0. The maximum absolute atomic E-state index is 8.90. The van der Waals surface area contributed by atoms with Crippen LogP contribution < -0.4 is 0 Å². The third-order valence-corrected chi connectivity index (χ3v) is 0. The summed E-state index contributed by atoms with van der Waals surface area (Å²) in [5.74, 6) is 0. The van der Waals surface area contributed by atoms with Gasteiger partial charge in [-0.3, -0.25) is 0 Å². The molecule has 1 nitrogen and oxygen atoms in total. The Morgan fingerprint density at radius 3 is 1.75 bits per heavy atom. The Bertz CT molecular complexity index is 13.5. The zero-order valence-corrected chi connectivity index (χ0v) is 9.95. The topological polar surface area (TPSA) is 17.1 Å². The second-order valence-corrected chi connectivity index (χ2v) is 1.95. The molecule has 19 valence electrons. The molecule has 0 bridgehead atoms. The Kier molecular flexibility index (Phi) is 22.0. The SMILES string of the molecule is [La].[O]=[La][Cl]. The van der Waals surface area contributed by atoms with Gasteiger partial charge in [0.15, 0.2) is 0 Å². The zero-order chi connectivity index (χ0) is 2.71. The van der Waals surface area contributed by atoms with Crippen molar-refractivity contribution in [2.24, 2.45) is 0 Å². The Labute approximate surface area is 72.7 Å². The van der Waals surface area contributed by atoms with Crippen molar-refractivity contribution in [2.75, 3.05) is 0 Å². The second kappa shape index (κ2) is 9.08. The van der Waals surface area contributed by atoms with Crippen molar-refractivity contribution in [2.45, 2.75) is 0 Å². The molecule has 0 aliphatic carbocycles. The first-order valence-corrected chi connectivity index (χ1v) is 6.48. The van der Waals surface area contributed by atoms with Crippen LogP contribution in [-0.2, 0) is 1.70 Å². The Balaban J connectivity index is 0. The van der Waals surface area contributed by atoms with Crippen LogP contribution in [0.2, 0.25) is 0 Å². The molecule has 0 rings (SSSR count). The van der Waals surface area contributed by atoms with E-state index in [1.807, 2.05) is 0 Å². The molecule has 0 N–H and O–H groups in total. The van der Waals surface area contributed by atoms with Gasteiger partial charge in [-0.15, -0.1) is 0 Å². The average molecular weight is 329 g/mol. The van der Waals surface area contributed by atoms with Crippen LogP contribution in [0.4, 0.5) is 0 Å². The molecule has 0 heterocycles. The summed E-state index contributed by atoms with van der Waals surface area (Å²) in [5.41, 5.74) is 0. The fraction of sp³-hybridized carbons (Fsp3) is 0. The van der Waals surface area contributed by atoms with E-state index >= 15 is 0 Å². The second-order valence-electron chi connectivity index (χ2n) is 0.0891. The monoisotopic (exact) mass is 329 g/mol. The maximum atomic E-state index is 8.90. The van der Waals surface area contributed by atoms with Gasteiger partial charge in [0.05, 0.1) is 0 Å². The van der Waals surface area contributed by atoms with Crippen LogP contribution in [-0.4, -0.2) is 0 Å². The summed E-state index contributed by atoms with van der Waals surface area (Å²) in [6.07, 6.45) is 0. The first-order valence-electron chi connectivity index (χ1n) is 0.454. The molecule has 0 unspecified atom stereocenters. The molecule has 0 amide bonds. The van der Waals surface area contributed by atoms with Gasteiger partial charge >= 0.3 is 39.0 Å². The van der Waals surface area contributed by atoms with Crippen LogP contribution in [0, 0.1) is 66.1 Å². The zero-order valence-electron chi connectivity index (χ0n) is 1.94. The Hall–Kier alpha value is 2.48. The minimum absolute atomic E-state index is 0. The van der Waals surface area contributed by atoms with Gasteiger partial charge in [-0.1, -0.05) is 0 Å². The van der Waals surface area contributed by atoms with Crippen LogP contribution in [0.25, 0.3) is 0 Å².